The number of carbonyl (C=O) groups is 2. The van der Waals surface area contributed by atoms with Crippen LogP contribution in [0.3, 0.4) is 0 Å². The highest BCUT2D eigenvalue weighted by molar-refractivity contribution is 6.03. The molecular weight excluding hydrogens is 505 g/mol. The maximum Gasteiger partial charge on any atom is 0.406 e. The van der Waals surface area contributed by atoms with Gasteiger partial charge >= 0.3 is 6.18 Å². The smallest absolute Gasteiger partial charge is 0.333 e. The average Bonchev–Trinajstić information content (AvgIpc) is 3.53. The number of benzene rings is 3. The summed E-state index contributed by atoms with van der Waals surface area (Å²) in [7, 11) is 0. The second-order valence-corrected chi connectivity index (χ2v) is 9.47. The van der Waals surface area contributed by atoms with Crippen molar-refractivity contribution in [3.63, 3.8) is 0 Å². The van der Waals surface area contributed by atoms with Crippen LogP contribution < -0.4 is 5.32 Å². The van der Waals surface area contributed by atoms with Crippen molar-refractivity contribution < 1.29 is 22.8 Å². The molecule has 4 aromatic rings. The van der Waals surface area contributed by atoms with Crippen molar-refractivity contribution in [3.05, 3.63) is 102 Å². The third-order valence-electron chi connectivity index (χ3n) is 6.78. The third kappa shape index (κ3) is 5.43. The van der Waals surface area contributed by atoms with Gasteiger partial charge in [-0.3, -0.25) is 9.59 Å². The summed E-state index contributed by atoms with van der Waals surface area (Å²) in [6, 6.07) is 21.5. The molecule has 1 atom stereocenters. The first-order valence-electron chi connectivity index (χ1n) is 12.8. The van der Waals surface area contributed by atoms with Gasteiger partial charge in [0.05, 0.1) is 17.8 Å². The second kappa shape index (κ2) is 10.8. The topological polar surface area (TPSA) is 67.2 Å². The van der Waals surface area contributed by atoms with E-state index in [9.17, 15) is 22.8 Å². The molecule has 1 aromatic heterocycles. The Balaban J connectivity index is 1.54. The maximum absolute atomic E-state index is 13.9. The van der Waals surface area contributed by atoms with E-state index in [1.54, 1.807) is 53.2 Å². The van der Waals surface area contributed by atoms with E-state index < -0.39 is 24.5 Å². The van der Waals surface area contributed by atoms with E-state index in [-0.39, 0.29) is 12.5 Å². The number of rotatable bonds is 8. The SMILES string of the molecule is CCCCN(CC(F)(F)F)C(=O)C1c2ccccc2-c2cccc(-n3cnc(NC(=O)c4ccccc4)c3)c21. The van der Waals surface area contributed by atoms with Crippen molar-refractivity contribution in [1.29, 1.82) is 0 Å². The van der Waals surface area contributed by atoms with Crippen molar-refractivity contribution in [2.75, 3.05) is 18.4 Å². The summed E-state index contributed by atoms with van der Waals surface area (Å²) in [4.78, 5) is 31.7. The zero-order valence-electron chi connectivity index (χ0n) is 21.3. The quantitative estimate of drug-likeness (QED) is 0.285. The van der Waals surface area contributed by atoms with E-state index >= 15 is 0 Å². The molecule has 0 radical (unpaired) electrons. The Morgan fingerprint density at radius 3 is 2.44 bits per heavy atom. The van der Waals surface area contributed by atoms with Crippen LogP contribution in [0.15, 0.2) is 85.3 Å². The summed E-state index contributed by atoms with van der Waals surface area (Å²) in [5.74, 6) is -1.51. The first-order valence-corrected chi connectivity index (χ1v) is 12.8. The van der Waals surface area contributed by atoms with Crippen molar-refractivity contribution >= 4 is 17.6 Å². The highest BCUT2D eigenvalue weighted by Crippen LogP contribution is 2.48. The average molecular weight is 533 g/mol. The minimum Gasteiger partial charge on any atom is -0.333 e. The number of imidazole rings is 1. The predicted molar refractivity (Wildman–Crippen MR) is 143 cm³/mol. The van der Waals surface area contributed by atoms with Crippen LogP contribution in [0, 0.1) is 0 Å². The Morgan fingerprint density at radius 2 is 1.69 bits per heavy atom. The lowest BCUT2D eigenvalue weighted by Gasteiger charge is -2.28. The maximum atomic E-state index is 13.9. The molecule has 200 valence electrons. The molecule has 2 amide bonds. The number of hydrogen-bond donors (Lipinski definition) is 1. The van der Waals surface area contributed by atoms with E-state index in [1.807, 2.05) is 37.3 Å². The molecule has 0 spiro atoms. The Morgan fingerprint density at radius 1 is 0.974 bits per heavy atom. The number of anilines is 1. The molecule has 0 fully saturated rings. The molecule has 6 nitrogen and oxygen atoms in total. The predicted octanol–water partition coefficient (Wildman–Crippen LogP) is 6.43. The number of fused-ring (bicyclic) bond motifs is 3. The van der Waals surface area contributed by atoms with Gasteiger partial charge in [-0.1, -0.05) is 67.9 Å². The highest BCUT2D eigenvalue weighted by atomic mass is 19.4. The fraction of sp³-hybridized carbons (Fsp3) is 0.233. The van der Waals surface area contributed by atoms with Crippen LogP contribution in [0.1, 0.15) is 47.2 Å². The van der Waals surface area contributed by atoms with E-state index in [0.717, 1.165) is 16.0 Å². The van der Waals surface area contributed by atoms with Crippen molar-refractivity contribution in [1.82, 2.24) is 14.5 Å². The Hall–Kier alpha value is -4.40. The van der Waals surface area contributed by atoms with Gasteiger partial charge in [0.25, 0.3) is 5.91 Å². The van der Waals surface area contributed by atoms with E-state index in [0.29, 0.717) is 41.0 Å². The van der Waals surface area contributed by atoms with Gasteiger partial charge in [0.15, 0.2) is 5.82 Å². The van der Waals surface area contributed by atoms with Crippen LogP contribution in [0.4, 0.5) is 19.0 Å². The third-order valence-corrected chi connectivity index (χ3v) is 6.78. The van der Waals surface area contributed by atoms with E-state index in [1.165, 1.54) is 6.33 Å². The van der Waals surface area contributed by atoms with Crippen LogP contribution in [-0.2, 0) is 4.79 Å². The lowest BCUT2D eigenvalue weighted by molar-refractivity contribution is -0.161. The van der Waals surface area contributed by atoms with Gasteiger partial charge in [0, 0.05) is 17.7 Å². The van der Waals surface area contributed by atoms with Gasteiger partial charge in [-0.15, -0.1) is 0 Å². The molecule has 3 aromatic carbocycles. The monoisotopic (exact) mass is 532 g/mol. The second-order valence-electron chi connectivity index (χ2n) is 9.47. The number of amides is 2. The summed E-state index contributed by atoms with van der Waals surface area (Å²) >= 11 is 0. The summed E-state index contributed by atoms with van der Waals surface area (Å²) in [5.41, 5.74) is 3.97. The van der Waals surface area contributed by atoms with Crippen LogP contribution in [0.2, 0.25) is 0 Å². The molecule has 1 aliphatic carbocycles. The van der Waals surface area contributed by atoms with Crippen LogP contribution >= 0.6 is 0 Å². The van der Waals surface area contributed by atoms with Crippen LogP contribution in [0.25, 0.3) is 16.8 Å². The number of nitrogens with zero attached hydrogens (tertiary/aromatic N) is 3. The standard InChI is InChI=1S/C30H27F3N4O2/c1-2-3-16-36(18-30(31,32)33)29(39)27-23-13-8-7-12-21(23)22-14-9-15-24(26(22)27)37-17-25(34-19-37)35-28(38)20-10-5-4-6-11-20/h4-15,17,19,27H,2-3,16,18H2,1H3,(H,35,38). The molecule has 1 N–H and O–H groups in total. The molecule has 1 aliphatic rings. The van der Waals surface area contributed by atoms with Crippen molar-refractivity contribution in [2.24, 2.45) is 0 Å². The number of aromatic nitrogens is 2. The highest BCUT2D eigenvalue weighted by Gasteiger charge is 2.41. The van der Waals surface area contributed by atoms with Crippen molar-refractivity contribution in [2.45, 2.75) is 31.9 Å². The van der Waals surface area contributed by atoms with Gasteiger partial charge in [0.2, 0.25) is 5.91 Å². The first-order chi connectivity index (χ1) is 18.8. The van der Waals surface area contributed by atoms with Gasteiger partial charge in [-0.2, -0.15) is 13.2 Å². The Kier molecular flexibility index (Phi) is 7.24. The Bertz CT molecular complexity index is 1500. The fourth-order valence-corrected chi connectivity index (χ4v) is 5.03. The number of hydrogen-bond acceptors (Lipinski definition) is 3. The van der Waals surface area contributed by atoms with Gasteiger partial charge < -0.3 is 14.8 Å². The largest absolute Gasteiger partial charge is 0.406 e. The van der Waals surface area contributed by atoms with E-state index in [4.69, 9.17) is 0 Å². The summed E-state index contributed by atoms with van der Waals surface area (Å²) in [6.45, 7) is 0.593. The number of nitrogens with one attached hydrogen (secondary N) is 1. The number of carbonyl (C=O) groups excluding carboxylic acids is 2. The summed E-state index contributed by atoms with van der Waals surface area (Å²) < 4.78 is 42.2. The van der Waals surface area contributed by atoms with Crippen molar-refractivity contribution in [3.8, 4) is 16.8 Å². The minimum atomic E-state index is -4.51. The molecule has 5 rings (SSSR count). The van der Waals surface area contributed by atoms with Crippen LogP contribution in [0.5, 0.6) is 0 Å². The summed E-state index contributed by atoms with van der Waals surface area (Å²) in [5, 5.41) is 2.76. The van der Waals surface area contributed by atoms with Gasteiger partial charge in [0.1, 0.15) is 12.9 Å². The molecule has 0 aliphatic heterocycles. The molecule has 0 saturated heterocycles. The van der Waals surface area contributed by atoms with E-state index in [2.05, 4.69) is 10.3 Å². The summed E-state index contributed by atoms with van der Waals surface area (Å²) in [6.07, 6.45) is -0.231. The zero-order valence-corrected chi connectivity index (χ0v) is 21.3. The normalized spacial score (nSPS) is 14.0. The molecule has 0 bridgehead atoms. The Labute approximate surface area is 224 Å². The number of halogens is 3. The van der Waals surface area contributed by atoms with Gasteiger partial charge in [-0.05, 0) is 41.3 Å². The first kappa shape index (κ1) is 26.2. The molecule has 39 heavy (non-hydrogen) atoms. The number of unbranched alkanes of at least 4 members (excludes halogenated alkanes) is 1. The lowest BCUT2D eigenvalue weighted by atomic mass is 9.93. The molecular formula is C30H27F3N4O2. The lowest BCUT2D eigenvalue weighted by Crippen LogP contribution is -2.42. The fourth-order valence-electron chi connectivity index (χ4n) is 5.03. The zero-order chi connectivity index (χ0) is 27.6. The molecule has 9 heteroatoms. The molecule has 1 unspecified atom stereocenters. The minimum absolute atomic E-state index is 0.0196. The van der Waals surface area contributed by atoms with Crippen LogP contribution in [-0.4, -0.2) is 45.5 Å². The number of alkyl halides is 3. The molecule has 0 saturated carbocycles. The molecule has 1 heterocycles. The van der Waals surface area contributed by atoms with Gasteiger partial charge in [-0.25, -0.2) is 4.98 Å².